The first kappa shape index (κ1) is 27.5. The minimum Gasteiger partial charge on any atom is -0.313 e. The molecule has 2 aromatic heterocycles. The summed E-state index contributed by atoms with van der Waals surface area (Å²) in [6, 6.07) is 42.1. The maximum absolute atomic E-state index is 4.24. The molecule has 2 aliphatic carbocycles. The summed E-state index contributed by atoms with van der Waals surface area (Å²) in [5.74, 6) is 0. The van der Waals surface area contributed by atoms with Crippen molar-refractivity contribution in [2.45, 2.75) is 20.3 Å². The Morgan fingerprint density at radius 1 is 0.638 bits per heavy atom. The lowest BCUT2D eigenvalue weighted by molar-refractivity contribution is 1.10. The smallest absolute Gasteiger partial charge is 0.0544 e. The molecular formula is C45H34N2. The van der Waals surface area contributed by atoms with E-state index in [1.165, 1.54) is 77.4 Å². The van der Waals surface area contributed by atoms with Gasteiger partial charge in [-0.05, 0) is 101 Å². The average molecular weight is 603 g/mol. The molecule has 0 saturated carbocycles. The largest absolute Gasteiger partial charge is 0.313 e. The van der Waals surface area contributed by atoms with E-state index in [1.54, 1.807) is 0 Å². The Bertz CT molecular complexity index is 2560. The number of hydrogen-bond donors (Lipinski definition) is 0. The lowest BCUT2D eigenvalue weighted by atomic mass is 9.94. The summed E-state index contributed by atoms with van der Waals surface area (Å²) in [6.45, 7) is 8.59. The third-order valence-corrected chi connectivity index (χ3v) is 10.1. The van der Waals surface area contributed by atoms with Gasteiger partial charge in [-0.25, -0.2) is 0 Å². The van der Waals surface area contributed by atoms with E-state index in [0.29, 0.717) is 0 Å². The van der Waals surface area contributed by atoms with Crippen LogP contribution in [0.1, 0.15) is 42.7 Å². The first-order valence-electron chi connectivity index (χ1n) is 16.4. The van der Waals surface area contributed by atoms with Crippen LogP contribution in [0.5, 0.6) is 0 Å². The zero-order valence-electron chi connectivity index (χ0n) is 26.7. The third-order valence-electron chi connectivity index (χ3n) is 10.1. The Kier molecular flexibility index (Phi) is 6.20. The van der Waals surface area contributed by atoms with Crippen molar-refractivity contribution in [3.05, 3.63) is 168 Å². The highest BCUT2D eigenvalue weighted by atomic mass is 15.0. The fraction of sp³-hybridized carbons (Fsp3) is 0.0667. The SMILES string of the molecule is C=Cc1c(/C=C\C)n(-c2ccccc2)c2ccc(-c3ccc4c5ccccc5n(C5=CC=C6C(=C(C)c7ccccc76)C5)c4c3)cc12. The molecule has 0 atom stereocenters. The van der Waals surface area contributed by atoms with Gasteiger partial charge in [-0.15, -0.1) is 0 Å². The molecule has 2 heteroatoms. The van der Waals surface area contributed by atoms with E-state index in [9.17, 15) is 0 Å². The van der Waals surface area contributed by atoms with Crippen molar-refractivity contribution >= 4 is 61.7 Å². The van der Waals surface area contributed by atoms with Crippen molar-refractivity contribution < 1.29 is 0 Å². The number of aromatic nitrogens is 2. The molecule has 0 unspecified atom stereocenters. The molecule has 0 N–H and O–H groups in total. The molecule has 5 aromatic carbocycles. The standard InChI is InChI=1S/C45H34N2/c1-4-13-42-34(5-2)41-26-30(21-25-44(41)46(42)32-14-7-6-8-15-32)31-20-23-39-38-18-11-12-19-43(38)47(45(39)27-31)33-22-24-37-36-17-10-9-16-35(36)29(3)40(37)28-33/h4-27H,2,28H2,1,3H3/b13-4-. The van der Waals surface area contributed by atoms with Gasteiger partial charge < -0.3 is 9.13 Å². The molecule has 224 valence electrons. The molecule has 0 amide bonds. The fourth-order valence-corrected chi connectivity index (χ4v) is 7.93. The molecule has 2 heterocycles. The van der Waals surface area contributed by atoms with Crippen LogP contribution in [-0.2, 0) is 0 Å². The van der Waals surface area contributed by atoms with Crippen LogP contribution in [-0.4, -0.2) is 9.13 Å². The molecule has 2 aliphatic rings. The third kappa shape index (κ3) is 4.05. The number of benzene rings is 5. The molecule has 0 bridgehead atoms. The van der Waals surface area contributed by atoms with Crippen molar-refractivity contribution in [1.82, 2.24) is 9.13 Å². The Hall–Kier alpha value is -5.86. The van der Waals surface area contributed by atoms with Gasteiger partial charge in [-0.3, -0.25) is 0 Å². The van der Waals surface area contributed by atoms with Crippen LogP contribution in [0, 0.1) is 0 Å². The number of fused-ring (bicyclic) bond motifs is 7. The van der Waals surface area contributed by atoms with E-state index in [0.717, 1.165) is 23.4 Å². The summed E-state index contributed by atoms with van der Waals surface area (Å²) >= 11 is 0. The highest BCUT2D eigenvalue weighted by Gasteiger charge is 2.27. The van der Waals surface area contributed by atoms with Gasteiger partial charge in [0, 0.05) is 39.5 Å². The van der Waals surface area contributed by atoms with Crippen molar-refractivity contribution in [2.75, 3.05) is 0 Å². The second kappa shape index (κ2) is 10.6. The Balaban J connectivity index is 1.23. The Morgan fingerprint density at radius 2 is 1.34 bits per heavy atom. The van der Waals surface area contributed by atoms with Gasteiger partial charge in [-0.2, -0.15) is 0 Å². The van der Waals surface area contributed by atoms with Crippen LogP contribution in [0.4, 0.5) is 0 Å². The van der Waals surface area contributed by atoms with Gasteiger partial charge in [0.05, 0.1) is 22.2 Å². The monoisotopic (exact) mass is 602 g/mol. The molecule has 0 aliphatic heterocycles. The number of para-hydroxylation sites is 2. The highest BCUT2D eigenvalue weighted by molar-refractivity contribution is 6.12. The predicted octanol–water partition coefficient (Wildman–Crippen LogP) is 12.2. The molecule has 0 fully saturated rings. The Morgan fingerprint density at radius 3 is 2.17 bits per heavy atom. The minimum atomic E-state index is 0.903. The highest BCUT2D eigenvalue weighted by Crippen LogP contribution is 2.47. The maximum atomic E-state index is 4.24. The van der Waals surface area contributed by atoms with E-state index in [4.69, 9.17) is 0 Å². The van der Waals surface area contributed by atoms with Gasteiger partial charge in [0.25, 0.3) is 0 Å². The van der Waals surface area contributed by atoms with E-state index >= 15 is 0 Å². The van der Waals surface area contributed by atoms with Gasteiger partial charge in [-0.1, -0.05) is 104 Å². The first-order valence-corrected chi connectivity index (χ1v) is 16.4. The van der Waals surface area contributed by atoms with Crippen molar-refractivity contribution in [1.29, 1.82) is 0 Å². The van der Waals surface area contributed by atoms with Gasteiger partial charge in [0.15, 0.2) is 0 Å². The molecule has 0 radical (unpaired) electrons. The van der Waals surface area contributed by atoms with Crippen molar-refractivity contribution in [3.8, 4) is 16.8 Å². The Labute approximate surface area is 275 Å². The number of hydrogen-bond acceptors (Lipinski definition) is 0. The van der Waals surface area contributed by atoms with Crippen LogP contribution in [0.2, 0.25) is 0 Å². The first-order chi connectivity index (χ1) is 23.2. The zero-order valence-corrected chi connectivity index (χ0v) is 26.7. The molecule has 2 nitrogen and oxygen atoms in total. The van der Waals surface area contributed by atoms with Crippen LogP contribution in [0.25, 0.3) is 78.5 Å². The summed E-state index contributed by atoms with van der Waals surface area (Å²) in [4.78, 5) is 0. The van der Waals surface area contributed by atoms with E-state index in [2.05, 4.69) is 169 Å². The summed E-state index contributed by atoms with van der Waals surface area (Å²) in [7, 11) is 0. The summed E-state index contributed by atoms with van der Waals surface area (Å²) in [5, 5.41) is 3.76. The topological polar surface area (TPSA) is 9.86 Å². The normalized spacial score (nSPS) is 14.3. The lowest BCUT2D eigenvalue weighted by Crippen LogP contribution is -2.02. The van der Waals surface area contributed by atoms with Crippen LogP contribution in [0.3, 0.4) is 0 Å². The van der Waals surface area contributed by atoms with E-state index < -0.39 is 0 Å². The minimum absolute atomic E-state index is 0.903. The van der Waals surface area contributed by atoms with Crippen molar-refractivity contribution in [3.63, 3.8) is 0 Å². The van der Waals surface area contributed by atoms with Gasteiger partial charge >= 0.3 is 0 Å². The van der Waals surface area contributed by atoms with Gasteiger partial charge in [0.2, 0.25) is 0 Å². The summed E-state index contributed by atoms with van der Waals surface area (Å²) < 4.78 is 4.83. The molecule has 0 saturated heterocycles. The second-order valence-corrected chi connectivity index (χ2v) is 12.6. The van der Waals surface area contributed by atoms with Crippen LogP contribution in [0.15, 0.2) is 146 Å². The predicted molar refractivity (Wildman–Crippen MR) is 202 cm³/mol. The number of rotatable bonds is 5. The van der Waals surface area contributed by atoms with E-state index in [1.807, 2.05) is 6.08 Å². The summed E-state index contributed by atoms with van der Waals surface area (Å²) in [6.07, 6.45) is 11.9. The van der Waals surface area contributed by atoms with Gasteiger partial charge in [0.1, 0.15) is 0 Å². The summed E-state index contributed by atoms with van der Waals surface area (Å²) in [5.41, 5.74) is 17.7. The van der Waals surface area contributed by atoms with Crippen LogP contribution < -0.4 is 0 Å². The van der Waals surface area contributed by atoms with E-state index in [-0.39, 0.29) is 0 Å². The number of allylic oxidation sites excluding steroid dienone is 7. The maximum Gasteiger partial charge on any atom is 0.0544 e. The average Bonchev–Trinajstić information content (AvgIpc) is 3.73. The molecule has 7 aromatic rings. The molecule has 47 heavy (non-hydrogen) atoms. The molecule has 9 rings (SSSR count). The molecule has 0 spiro atoms. The van der Waals surface area contributed by atoms with Crippen LogP contribution >= 0.6 is 0 Å². The second-order valence-electron chi connectivity index (χ2n) is 12.6. The number of nitrogens with zero attached hydrogens (tertiary/aromatic N) is 2. The van der Waals surface area contributed by atoms with Crippen molar-refractivity contribution in [2.24, 2.45) is 0 Å². The lowest BCUT2D eigenvalue weighted by Gasteiger charge is -2.19. The molecular weight excluding hydrogens is 569 g/mol. The zero-order chi connectivity index (χ0) is 31.6. The quantitative estimate of drug-likeness (QED) is 0.185. The fourth-order valence-electron chi connectivity index (χ4n) is 7.93.